The van der Waals surface area contributed by atoms with Crippen LogP contribution >= 0.6 is 0 Å². The third-order valence-corrected chi connectivity index (χ3v) is 4.30. The van der Waals surface area contributed by atoms with Crippen LogP contribution in [-0.4, -0.2) is 11.7 Å². The fourth-order valence-corrected chi connectivity index (χ4v) is 3.01. The van der Waals surface area contributed by atoms with Crippen molar-refractivity contribution in [3.8, 4) is 0 Å². The Kier molecular flexibility index (Phi) is 1.90. The summed E-state index contributed by atoms with van der Waals surface area (Å²) >= 11 is 0. The van der Waals surface area contributed by atoms with Crippen LogP contribution in [0.2, 0.25) is 0 Å². The van der Waals surface area contributed by atoms with Gasteiger partial charge in [-0.25, -0.2) is 0 Å². The van der Waals surface area contributed by atoms with Gasteiger partial charge in [-0.1, -0.05) is 50.2 Å². The maximum absolute atomic E-state index is 9.72. The van der Waals surface area contributed by atoms with E-state index in [0.29, 0.717) is 5.92 Å². The van der Waals surface area contributed by atoms with E-state index >= 15 is 0 Å². The van der Waals surface area contributed by atoms with Crippen LogP contribution in [-0.2, 0) is 5.41 Å². The van der Waals surface area contributed by atoms with Crippen LogP contribution in [0.15, 0.2) is 36.4 Å². The Hall–Kier alpha value is -1.34. The van der Waals surface area contributed by atoms with Gasteiger partial charge in [0.15, 0.2) is 0 Å². The van der Waals surface area contributed by atoms with Crippen LogP contribution in [0.5, 0.6) is 0 Å². The zero-order chi connectivity index (χ0) is 11.3. The van der Waals surface area contributed by atoms with Crippen LogP contribution in [0.3, 0.4) is 0 Å². The molecule has 0 unspecified atom stereocenters. The molecule has 3 rings (SSSR count). The molecule has 0 radical (unpaired) electrons. The van der Waals surface area contributed by atoms with Gasteiger partial charge in [0.25, 0.3) is 0 Å². The summed E-state index contributed by atoms with van der Waals surface area (Å²) in [6.07, 6.45) is 0. The molecule has 1 aliphatic rings. The summed E-state index contributed by atoms with van der Waals surface area (Å²) in [6, 6.07) is 12.9. The summed E-state index contributed by atoms with van der Waals surface area (Å²) < 4.78 is 0. The van der Waals surface area contributed by atoms with Crippen molar-refractivity contribution >= 4 is 10.8 Å². The van der Waals surface area contributed by atoms with E-state index < -0.39 is 0 Å². The number of aliphatic hydroxyl groups is 1. The number of rotatable bonds is 1. The maximum Gasteiger partial charge on any atom is 0.0531 e. The second-order valence-corrected chi connectivity index (χ2v) is 5.05. The van der Waals surface area contributed by atoms with Crippen LogP contribution in [0.25, 0.3) is 10.8 Å². The van der Waals surface area contributed by atoms with Crippen molar-refractivity contribution in [3.63, 3.8) is 0 Å². The highest BCUT2D eigenvalue weighted by Gasteiger charge is 2.40. The lowest BCUT2D eigenvalue weighted by Crippen LogP contribution is -2.28. The van der Waals surface area contributed by atoms with Gasteiger partial charge < -0.3 is 5.11 Å². The van der Waals surface area contributed by atoms with Gasteiger partial charge in [-0.3, -0.25) is 0 Å². The van der Waals surface area contributed by atoms with Crippen LogP contribution in [0, 0.1) is 0 Å². The molecule has 1 heteroatoms. The minimum absolute atomic E-state index is 0.122. The van der Waals surface area contributed by atoms with E-state index in [1.807, 2.05) is 0 Å². The molecule has 0 heterocycles. The molecule has 82 valence electrons. The third kappa shape index (κ3) is 0.992. The normalized spacial score (nSPS) is 27.6. The Labute approximate surface area is 95.7 Å². The number of aliphatic hydroxyl groups excluding tert-OH is 1. The largest absolute Gasteiger partial charge is 0.395 e. The molecular weight excluding hydrogens is 196 g/mol. The average Bonchev–Trinajstić information content (AvgIpc) is 2.55. The summed E-state index contributed by atoms with van der Waals surface area (Å²) in [7, 11) is 0. The minimum Gasteiger partial charge on any atom is -0.395 e. The van der Waals surface area contributed by atoms with E-state index in [1.54, 1.807) is 0 Å². The van der Waals surface area contributed by atoms with Crippen LogP contribution in [0.4, 0.5) is 0 Å². The highest BCUT2D eigenvalue weighted by atomic mass is 16.3. The van der Waals surface area contributed by atoms with Crippen LogP contribution < -0.4 is 0 Å². The standard InChI is InChI=1S/C15H16O/c1-10-12-7-3-5-11-6-4-8-13(14(11)12)15(10,2)9-16/h3-8,10,16H,9H2,1-2H3/t10-,15+/m0/s1. The lowest BCUT2D eigenvalue weighted by Gasteiger charge is -2.28. The molecule has 1 aliphatic carbocycles. The van der Waals surface area contributed by atoms with Crippen molar-refractivity contribution in [2.45, 2.75) is 25.2 Å². The molecule has 0 spiro atoms. The first-order valence-electron chi connectivity index (χ1n) is 5.81. The van der Waals surface area contributed by atoms with Gasteiger partial charge >= 0.3 is 0 Å². The monoisotopic (exact) mass is 212 g/mol. The van der Waals surface area contributed by atoms with Crippen molar-refractivity contribution in [2.24, 2.45) is 0 Å². The summed E-state index contributed by atoms with van der Waals surface area (Å²) in [5.41, 5.74) is 2.56. The third-order valence-electron chi connectivity index (χ3n) is 4.30. The van der Waals surface area contributed by atoms with E-state index in [2.05, 4.69) is 50.2 Å². The van der Waals surface area contributed by atoms with E-state index in [0.717, 1.165) is 0 Å². The second-order valence-electron chi connectivity index (χ2n) is 5.05. The molecule has 0 fully saturated rings. The first-order chi connectivity index (χ1) is 7.68. The minimum atomic E-state index is -0.122. The van der Waals surface area contributed by atoms with E-state index in [1.165, 1.54) is 21.9 Å². The quantitative estimate of drug-likeness (QED) is 0.769. The average molecular weight is 212 g/mol. The molecule has 16 heavy (non-hydrogen) atoms. The lowest BCUT2D eigenvalue weighted by atomic mass is 9.77. The predicted molar refractivity (Wildman–Crippen MR) is 66.8 cm³/mol. The number of hydrogen-bond donors (Lipinski definition) is 1. The Bertz CT molecular complexity index is 553. The Balaban J connectivity index is 2.44. The molecule has 0 saturated heterocycles. The summed E-state index contributed by atoms with van der Waals surface area (Å²) in [4.78, 5) is 0. The van der Waals surface area contributed by atoms with Gasteiger partial charge in [-0.15, -0.1) is 0 Å². The van der Waals surface area contributed by atoms with Crippen molar-refractivity contribution in [2.75, 3.05) is 6.61 Å². The Morgan fingerprint density at radius 1 is 1.19 bits per heavy atom. The van der Waals surface area contributed by atoms with Gasteiger partial charge in [0, 0.05) is 5.41 Å². The molecule has 0 amide bonds. The second kappa shape index (κ2) is 3.08. The molecule has 2 aromatic carbocycles. The van der Waals surface area contributed by atoms with Crippen molar-refractivity contribution in [1.29, 1.82) is 0 Å². The molecule has 0 bridgehead atoms. The molecule has 0 aliphatic heterocycles. The van der Waals surface area contributed by atoms with Gasteiger partial charge in [0.2, 0.25) is 0 Å². The summed E-state index contributed by atoms with van der Waals surface area (Å²) in [5, 5.41) is 12.4. The van der Waals surface area contributed by atoms with Gasteiger partial charge in [-0.05, 0) is 27.8 Å². The molecule has 2 atom stereocenters. The van der Waals surface area contributed by atoms with Crippen molar-refractivity contribution in [3.05, 3.63) is 47.5 Å². The predicted octanol–water partition coefficient (Wildman–Crippen LogP) is 3.21. The zero-order valence-electron chi connectivity index (χ0n) is 9.70. The number of benzene rings is 2. The number of hydrogen-bond acceptors (Lipinski definition) is 1. The van der Waals surface area contributed by atoms with Gasteiger partial charge in [0.1, 0.15) is 0 Å². The smallest absolute Gasteiger partial charge is 0.0531 e. The van der Waals surface area contributed by atoms with E-state index in [4.69, 9.17) is 0 Å². The first kappa shape index (κ1) is 9.86. The maximum atomic E-state index is 9.72. The Morgan fingerprint density at radius 2 is 1.88 bits per heavy atom. The fourth-order valence-electron chi connectivity index (χ4n) is 3.01. The molecule has 1 N–H and O–H groups in total. The van der Waals surface area contributed by atoms with Gasteiger partial charge in [0.05, 0.1) is 6.61 Å². The highest BCUT2D eigenvalue weighted by molar-refractivity contribution is 5.93. The van der Waals surface area contributed by atoms with E-state index in [9.17, 15) is 5.11 Å². The molecule has 0 saturated carbocycles. The van der Waals surface area contributed by atoms with E-state index in [-0.39, 0.29) is 12.0 Å². The zero-order valence-corrected chi connectivity index (χ0v) is 9.70. The topological polar surface area (TPSA) is 20.2 Å². The fraction of sp³-hybridized carbons (Fsp3) is 0.333. The summed E-state index contributed by atoms with van der Waals surface area (Å²) in [5.74, 6) is 0.388. The van der Waals surface area contributed by atoms with Crippen LogP contribution in [0.1, 0.15) is 30.9 Å². The first-order valence-corrected chi connectivity index (χ1v) is 5.81. The van der Waals surface area contributed by atoms with Crippen molar-refractivity contribution in [1.82, 2.24) is 0 Å². The molecule has 0 aromatic heterocycles. The van der Waals surface area contributed by atoms with Gasteiger partial charge in [-0.2, -0.15) is 0 Å². The Morgan fingerprint density at radius 3 is 2.56 bits per heavy atom. The lowest BCUT2D eigenvalue weighted by molar-refractivity contribution is 0.191. The molecular formula is C15H16O. The highest BCUT2D eigenvalue weighted by Crippen LogP contribution is 2.49. The van der Waals surface area contributed by atoms with Crippen molar-refractivity contribution < 1.29 is 5.11 Å². The SMILES string of the molecule is C[C@H]1c2cccc3cccc(c23)[C@]1(C)CO. The molecule has 2 aromatic rings. The summed E-state index contributed by atoms with van der Waals surface area (Å²) in [6.45, 7) is 4.58. The molecule has 1 nitrogen and oxygen atoms in total.